The van der Waals surface area contributed by atoms with Crippen LogP contribution < -0.4 is 10.6 Å². The first-order chi connectivity index (χ1) is 8.24. The Labute approximate surface area is 103 Å². The average Bonchev–Trinajstić information content (AvgIpc) is 2.37. The summed E-state index contributed by atoms with van der Waals surface area (Å²) in [5.41, 5.74) is 0. The molecule has 1 saturated heterocycles. The Morgan fingerprint density at radius 2 is 1.94 bits per heavy atom. The maximum atomic E-state index is 11.7. The van der Waals surface area contributed by atoms with Crippen molar-refractivity contribution >= 4 is 11.8 Å². The molecule has 0 saturated carbocycles. The normalized spacial score (nSPS) is 15.7. The molecule has 2 N–H and O–H groups in total. The smallest absolute Gasteiger partial charge is 0.242 e. The Kier molecular flexibility index (Phi) is 6.62. The molecule has 0 aromatic rings. The summed E-state index contributed by atoms with van der Waals surface area (Å²) in [6.07, 6.45) is 3.61. The van der Waals surface area contributed by atoms with Gasteiger partial charge in [-0.2, -0.15) is 0 Å². The van der Waals surface area contributed by atoms with E-state index in [-0.39, 0.29) is 18.4 Å². The molecule has 1 rings (SSSR count). The van der Waals surface area contributed by atoms with Crippen molar-refractivity contribution in [3.63, 3.8) is 0 Å². The van der Waals surface area contributed by atoms with Crippen molar-refractivity contribution in [1.82, 2.24) is 15.5 Å². The fourth-order valence-electron chi connectivity index (χ4n) is 1.82. The predicted octanol–water partition coefficient (Wildman–Crippen LogP) is 0.115. The van der Waals surface area contributed by atoms with Gasteiger partial charge in [-0.25, -0.2) is 0 Å². The van der Waals surface area contributed by atoms with Gasteiger partial charge in [-0.1, -0.05) is 19.8 Å². The Hall–Kier alpha value is -1.10. The van der Waals surface area contributed by atoms with Crippen LogP contribution in [0.2, 0.25) is 0 Å². The van der Waals surface area contributed by atoms with Gasteiger partial charge in [-0.05, 0) is 6.42 Å². The number of amides is 2. The summed E-state index contributed by atoms with van der Waals surface area (Å²) in [5.74, 6) is 0.0114. The molecule has 1 fully saturated rings. The second-order valence-electron chi connectivity index (χ2n) is 4.36. The third kappa shape index (κ3) is 5.68. The first-order valence-corrected chi connectivity index (χ1v) is 6.49. The van der Waals surface area contributed by atoms with E-state index in [4.69, 9.17) is 0 Å². The molecular formula is C12H23N3O2. The third-order valence-electron chi connectivity index (χ3n) is 2.91. The monoisotopic (exact) mass is 241 g/mol. The molecule has 17 heavy (non-hydrogen) atoms. The van der Waals surface area contributed by atoms with Crippen LogP contribution >= 0.6 is 0 Å². The van der Waals surface area contributed by atoms with Gasteiger partial charge in [-0.3, -0.25) is 9.59 Å². The van der Waals surface area contributed by atoms with Gasteiger partial charge in [0, 0.05) is 32.6 Å². The maximum absolute atomic E-state index is 11.7. The van der Waals surface area contributed by atoms with Crippen molar-refractivity contribution < 1.29 is 9.59 Å². The van der Waals surface area contributed by atoms with Crippen LogP contribution in [0.4, 0.5) is 0 Å². The Morgan fingerprint density at radius 1 is 1.24 bits per heavy atom. The van der Waals surface area contributed by atoms with Crippen LogP contribution in [0, 0.1) is 0 Å². The molecule has 5 heteroatoms. The summed E-state index contributed by atoms with van der Waals surface area (Å²) in [4.78, 5) is 24.9. The third-order valence-corrected chi connectivity index (χ3v) is 2.91. The molecule has 5 nitrogen and oxygen atoms in total. The fourth-order valence-corrected chi connectivity index (χ4v) is 1.82. The molecule has 0 atom stereocenters. The number of piperazine rings is 1. The Balaban J connectivity index is 2.11. The zero-order chi connectivity index (χ0) is 12.5. The molecule has 0 aromatic carbocycles. The molecule has 0 aromatic heterocycles. The minimum atomic E-state index is -0.0121. The van der Waals surface area contributed by atoms with Crippen LogP contribution in [0.3, 0.4) is 0 Å². The topological polar surface area (TPSA) is 61.4 Å². The van der Waals surface area contributed by atoms with E-state index in [1.54, 1.807) is 4.90 Å². The van der Waals surface area contributed by atoms with E-state index in [9.17, 15) is 9.59 Å². The number of rotatable bonds is 6. The Bertz CT molecular complexity index is 250. The van der Waals surface area contributed by atoms with Gasteiger partial charge in [0.15, 0.2) is 0 Å². The van der Waals surface area contributed by atoms with Crippen molar-refractivity contribution in [3.8, 4) is 0 Å². The highest BCUT2D eigenvalue weighted by molar-refractivity contribution is 5.84. The average molecular weight is 241 g/mol. The fraction of sp³-hybridized carbons (Fsp3) is 0.833. The standard InChI is InChI=1S/C12H23N3O2/c1-2-3-4-5-11(16)14-10-12(17)15-8-6-13-7-9-15/h13H,2-10H2,1H3,(H,14,16). The van der Waals surface area contributed by atoms with Crippen LogP contribution in [-0.2, 0) is 9.59 Å². The molecule has 0 unspecified atom stereocenters. The summed E-state index contributed by atoms with van der Waals surface area (Å²) in [7, 11) is 0. The second-order valence-corrected chi connectivity index (χ2v) is 4.36. The molecule has 1 aliphatic heterocycles. The number of hydrogen-bond donors (Lipinski definition) is 2. The summed E-state index contributed by atoms with van der Waals surface area (Å²) in [6.45, 7) is 5.41. The Morgan fingerprint density at radius 3 is 2.59 bits per heavy atom. The lowest BCUT2D eigenvalue weighted by atomic mass is 10.2. The van der Waals surface area contributed by atoms with Gasteiger partial charge in [-0.15, -0.1) is 0 Å². The first-order valence-electron chi connectivity index (χ1n) is 6.49. The molecular weight excluding hydrogens is 218 g/mol. The van der Waals surface area contributed by atoms with E-state index in [0.29, 0.717) is 6.42 Å². The zero-order valence-electron chi connectivity index (χ0n) is 10.6. The van der Waals surface area contributed by atoms with Crippen LogP contribution in [0.5, 0.6) is 0 Å². The molecule has 0 radical (unpaired) electrons. The van der Waals surface area contributed by atoms with Gasteiger partial charge in [0.2, 0.25) is 11.8 Å². The highest BCUT2D eigenvalue weighted by atomic mass is 16.2. The van der Waals surface area contributed by atoms with Crippen molar-refractivity contribution in [2.45, 2.75) is 32.6 Å². The first kappa shape index (κ1) is 14.0. The van der Waals surface area contributed by atoms with Crippen molar-refractivity contribution in [3.05, 3.63) is 0 Å². The molecule has 1 aliphatic rings. The highest BCUT2D eigenvalue weighted by Crippen LogP contribution is 1.98. The van der Waals surface area contributed by atoms with E-state index >= 15 is 0 Å². The van der Waals surface area contributed by atoms with E-state index in [1.165, 1.54) is 0 Å². The van der Waals surface area contributed by atoms with E-state index in [1.807, 2.05) is 0 Å². The molecule has 1 heterocycles. The number of hydrogen-bond acceptors (Lipinski definition) is 3. The van der Waals surface area contributed by atoms with Crippen LogP contribution in [0.1, 0.15) is 32.6 Å². The maximum Gasteiger partial charge on any atom is 0.242 e. The number of carbonyl (C=O) groups excluding carboxylic acids is 2. The van der Waals surface area contributed by atoms with E-state index < -0.39 is 0 Å². The molecule has 0 bridgehead atoms. The molecule has 0 spiro atoms. The van der Waals surface area contributed by atoms with Crippen LogP contribution in [0.15, 0.2) is 0 Å². The van der Waals surface area contributed by atoms with Crippen molar-refractivity contribution in [2.24, 2.45) is 0 Å². The summed E-state index contributed by atoms with van der Waals surface area (Å²) >= 11 is 0. The highest BCUT2D eigenvalue weighted by Gasteiger charge is 2.16. The molecule has 0 aliphatic carbocycles. The van der Waals surface area contributed by atoms with Gasteiger partial charge < -0.3 is 15.5 Å². The van der Waals surface area contributed by atoms with E-state index in [2.05, 4.69) is 17.6 Å². The largest absolute Gasteiger partial charge is 0.347 e. The SMILES string of the molecule is CCCCCC(=O)NCC(=O)N1CCNCC1. The van der Waals surface area contributed by atoms with Crippen molar-refractivity contribution in [2.75, 3.05) is 32.7 Å². The second kappa shape index (κ2) is 8.06. The number of nitrogens with zero attached hydrogens (tertiary/aromatic N) is 1. The summed E-state index contributed by atoms with van der Waals surface area (Å²) in [5, 5.41) is 5.88. The van der Waals surface area contributed by atoms with E-state index in [0.717, 1.165) is 45.4 Å². The minimum Gasteiger partial charge on any atom is -0.347 e. The lowest BCUT2D eigenvalue weighted by molar-refractivity contribution is -0.133. The van der Waals surface area contributed by atoms with Gasteiger partial charge in [0.1, 0.15) is 0 Å². The van der Waals surface area contributed by atoms with Crippen LogP contribution in [0.25, 0.3) is 0 Å². The van der Waals surface area contributed by atoms with Crippen LogP contribution in [-0.4, -0.2) is 49.4 Å². The van der Waals surface area contributed by atoms with Gasteiger partial charge in [0.25, 0.3) is 0 Å². The molecule has 98 valence electrons. The summed E-state index contributed by atoms with van der Waals surface area (Å²) in [6, 6.07) is 0. The number of carbonyl (C=O) groups is 2. The quantitative estimate of drug-likeness (QED) is 0.649. The predicted molar refractivity (Wildman–Crippen MR) is 66.6 cm³/mol. The number of nitrogens with one attached hydrogen (secondary N) is 2. The minimum absolute atomic E-state index is 0.0121. The zero-order valence-corrected chi connectivity index (χ0v) is 10.6. The summed E-state index contributed by atoms with van der Waals surface area (Å²) < 4.78 is 0. The van der Waals surface area contributed by atoms with Gasteiger partial charge in [0.05, 0.1) is 6.54 Å². The van der Waals surface area contributed by atoms with Crippen molar-refractivity contribution in [1.29, 1.82) is 0 Å². The number of unbranched alkanes of at least 4 members (excludes halogenated alkanes) is 2. The molecule has 2 amide bonds. The lowest BCUT2D eigenvalue weighted by Gasteiger charge is -2.27. The lowest BCUT2D eigenvalue weighted by Crippen LogP contribution is -2.49. The van der Waals surface area contributed by atoms with Gasteiger partial charge >= 0.3 is 0 Å².